The number of amides is 1. The van der Waals surface area contributed by atoms with E-state index in [4.69, 9.17) is 19.3 Å². The second kappa shape index (κ2) is 12.6. The Balaban J connectivity index is 1.75. The number of carbonyl (C=O) groups is 2. The number of benzene rings is 2. The fraction of sp³-hybridized carbons (Fsp3) is 0.500. The van der Waals surface area contributed by atoms with Gasteiger partial charge >= 0.3 is 5.97 Å². The number of carboxylic acid groups (broad SMARTS) is 1. The van der Waals surface area contributed by atoms with E-state index in [0.29, 0.717) is 19.0 Å². The lowest BCUT2D eigenvalue weighted by Crippen LogP contribution is -2.41. The van der Waals surface area contributed by atoms with Crippen LogP contribution >= 0.6 is 0 Å². The van der Waals surface area contributed by atoms with Crippen molar-refractivity contribution in [3.63, 3.8) is 0 Å². The number of carboxylic acids is 1. The van der Waals surface area contributed by atoms with Crippen LogP contribution in [-0.2, 0) is 14.3 Å². The monoisotopic (exact) mass is 483 g/mol. The first kappa shape index (κ1) is 26.5. The van der Waals surface area contributed by atoms with Gasteiger partial charge in [-0.3, -0.25) is 4.79 Å². The van der Waals surface area contributed by atoms with Gasteiger partial charge in [0, 0.05) is 19.0 Å². The standard InChI is InChI=1S/C28H37NO6/c1-19(2)34-24-9-5-21(6-10-24)28(22-7-11-25(12-8-22)35-20(3)4)23-13-15-29(16-14-23)26(30)17-33-18-27(31)32/h5-12,19-20,23,28H,13-18H2,1-4H3,(H,31,32). The van der Waals surface area contributed by atoms with E-state index in [1.165, 1.54) is 11.1 Å². The molecule has 2 aromatic carbocycles. The molecule has 2 aromatic rings. The van der Waals surface area contributed by atoms with Gasteiger partial charge in [0.15, 0.2) is 0 Å². The highest BCUT2D eigenvalue weighted by molar-refractivity contribution is 5.78. The summed E-state index contributed by atoms with van der Waals surface area (Å²) in [5, 5.41) is 8.70. The highest BCUT2D eigenvalue weighted by atomic mass is 16.5. The van der Waals surface area contributed by atoms with Gasteiger partial charge in [0.2, 0.25) is 5.91 Å². The lowest BCUT2D eigenvalue weighted by atomic mass is 9.76. The van der Waals surface area contributed by atoms with Crippen LogP contribution in [-0.4, -0.2) is 60.4 Å². The molecule has 1 amide bonds. The molecule has 190 valence electrons. The molecule has 0 aromatic heterocycles. The van der Waals surface area contributed by atoms with Crippen molar-refractivity contribution < 1.29 is 28.9 Å². The number of carbonyl (C=O) groups excluding carboxylic acids is 1. The van der Waals surface area contributed by atoms with Crippen molar-refractivity contribution >= 4 is 11.9 Å². The largest absolute Gasteiger partial charge is 0.491 e. The van der Waals surface area contributed by atoms with E-state index in [1.54, 1.807) is 4.90 Å². The topological polar surface area (TPSA) is 85.3 Å². The van der Waals surface area contributed by atoms with Crippen LogP contribution in [0.1, 0.15) is 57.6 Å². The van der Waals surface area contributed by atoms with Crippen LogP contribution in [0.5, 0.6) is 11.5 Å². The summed E-state index contributed by atoms with van der Waals surface area (Å²) in [5.41, 5.74) is 2.43. The van der Waals surface area contributed by atoms with E-state index in [0.717, 1.165) is 24.3 Å². The third kappa shape index (κ3) is 7.99. The highest BCUT2D eigenvalue weighted by Crippen LogP contribution is 2.39. The molecule has 0 saturated carbocycles. The molecular weight excluding hydrogens is 446 g/mol. The lowest BCUT2D eigenvalue weighted by Gasteiger charge is -2.36. The number of aliphatic carboxylic acids is 1. The minimum Gasteiger partial charge on any atom is -0.491 e. The van der Waals surface area contributed by atoms with Gasteiger partial charge in [-0.05, 0) is 81.8 Å². The maximum atomic E-state index is 12.4. The van der Waals surface area contributed by atoms with Gasteiger partial charge in [-0.1, -0.05) is 24.3 Å². The third-order valence-corrected chi connectivity index (χ3v) is 6.04. The average Bonchev–Trinajstić information content (AvgIpc) is 2.81. The molecule has 0 aliphatic carbocycles. The van der Waals surface area contributed by atoms with Crippen LogP contribution in [0.2, 0.25) is 0 Å². The third-order valence-electron chi connectivity index (χ3n) is 6.04. The maximum Gasteiger partial charge on any atom is 0.329 e. The summed E-state index contributed by atoms with van der Waals surface area (Å²) in [5.74, 6) is 1.000. The molecule has 1 aliphatic heterocycles. The Bertz CT molecular complexity index is 893. The number of piperidine rings is 1. The van der Waals surface area contributed by atoms with E-state index in [9.17, 15) is 9.59 Å². The molecule has 1 saturated heterocycles. The molecule has 7 heteroatoms. The SMILES string of the molecule is CC(C)Oc1ccc(C(c2ccc(OC(C)C)cc2)C2CCN(C(=O)COCC(=O)O)CC2)cc1. The molecule has 0 bridgehead atoms. The molecular formula is C28H37NO6. The Morgan fingerprint density at radius 2 is 1.29 bits per heavy atom. The van der Waals surface area contributed by atoms with Gasteiger partial charge < -0.3 is 24.2 Å². The van der Waals surface area contributed by atoms with Crippen molar-refractivity contribution in [2.24, 2.45) is 5.92 Å². The number of nitrogens with zero attached hydrogens (tertiary/aromatic N) is 1. The fourth-order valence-corrected chi connectivity index (χ4v) is 4.59. The normalized spacial score (nSPS) is 14.5. The Morgan fingerprint density at radius 3 is 1.69 bits per heavy atom. The predicted octanol–water partition coefficient (Wildman–Crippen LogP) is 4.73. The zero-order valence-corrected chi connectivity index (χ0v) is 21.1. The summed E-state index contributed by atoms with van der Waals surface area (Å²) in [6, 6.07) is 16.6. The van der Waals surface area contributed by atoms with Gasteiger partial charge in [0.1, 0.15) is 24.7 Å². The summed E-state index contributed by atoms with van der Waals surface area (Å²) >= 11 is 0. The van der Waals surface area contributed by atoms with E-state index in [-0.39, 0.29) is 30.6 Å². The van der Waals surface area contributed by atoms with Gasteiger partial charge in [-0.25, -0.2) is 4.79 Å². The first-order chi connectivity index (χ1) is 16.7. The number of rotatable bonds is 11. The molecule has 35 heavy (non-hydrogen) atoms. The Kier molecular flexibility index (Phi) is 9.55. The van der Waals surface area contributed by atoms with Crippen molar-refractivity contribution in [2.75, 3.05) is 26.3 Å². The smallest absolute Gasteiger partial charge is 0.329 e. The first-order valence-electron chi connectivity index (χ1n) is 12.3. The Labute approximate surface area is 208 Å². The first-order valence-corrected chi connectivity index (χ1v) is 12.3. The maximum absolute atomic E-state index is 12.4. The molecule has 1 aliphatic rings. The minimum atomic E-state index is -1.08. The van der Waals surface area contributed by atoms with Gasteiger partial charge in [0.05, 0.1) is 12.2 Å². The highest BCUT2D eigenvalue weighted by Gasteiger charge is 2.30. The molecule has 3 rings (SSSR count). The van der Waals surface area contributed by atoms with E-state index < -0.39 is 12.6 Å². The average molecular weight is 484 g/mol. The Hall–Kier alpha value is -3.06. The second-order valence-corrected chi connectivity index (χ2v) is 9.55. The summed E-state index contributed by atoms with van der Waals surface area (Å²) in [6.45, 7) is 8.64. The van der Waals surface area contributed by atoms with Crippen LogP contribution in [0.25, 0.3) is 0 Å². The van der Waals surface area contributed by atoms with Crippen LogP contribution < -0.4 is 9.47 Å². The van der Waals surface area contributed by atoms with Crippen molar-refractivity contribution in [1.29, 1.82) is 0 Å². The molecule has 0 radical (unpaired) electrons. The fourth-order valence-electron chi connectivity index (χ4n) is 4.59. The van der Waals surface area contributed by atoms with Crippen molar-refractivity contribution in [2.45, 2.75) is 58.7 Å². The molecule has 0 atom stereocenters. The number of hydrogen-bond acceptors (Lipinski definition) is 5. The van der Waals surface area contributed by atoms with Gasteiger partial charge in [-0.2, -0.15) is 0 Å². The zero-order chi connectivity index (χ0) is 25.4. The van der Waals surface area contributed by atoms with E-state index in [1.807, 2.05) is 52.0 Å². The summed E-state index contributed by atoms with van der Waals surface area (Å²) in [4.78, 5) is 24.8. The van der Waals surface area contributed by atoms with Crippen LogP contribution in [0.3, 0.4) is 0 Å². The van der Waals surface area contributed by atoms with E-state index >= 15 is 0 Å². The molecule has 0 spiro atoms. The summed E-state index contributed by atoms with van der Waals surface area (Å²) < 4.78 is 16.6. The van der Waals surface area contributed by atoms with Crippen LogP contribution in [0, 0.1) is 5.92 Å². The predicted molar refractivity (Wildman–Crippen MR) is 134 cm³/mol. The number of ether oxygens (including phenoxy) is 3. The number of hydrogen-bond donors (Lipinski definition) is 1. The molecule has 7 nitrogen and oxygen atoms in total. The molecule has 1 N–H and O–H groups in total. The molecule has 1 heterocycles. The Morgan fingerprint density at radius 1 is 0.829 bits per heavy atom. The zero-order valence-electron chi connectivity index (χ0n) is 21.1. The van der Waals surface area contributed by atoms with E-state index in [2.05, 4.69) is 24.3 Å². The molecule has 0 unspecified atom stereocenters. The van der Waals surface area contributed by atoms with Crippen molar-refractivity contribution in [3.8, 4) is 11.5 Å². The second-order valence-electron chi connectivity index (χ2n) is 9.55. The summed E-state index contributed by atoms with van der Waals surface area (Å²) in [7, 11) is 0. The quantitative estimate of drug-likeness (QED) is 0.497. The van der Waals surface area contributed by atoms with Crippen molar-refractivity contribution in [3.05, 3.63) is 59.7 Å². The number of likely N-dealkylation sites (tertiary alicyclic amines) is 1. The van der Waals surface area contributed by atoms with Crippen LogP contribution in [0.15, 0.2) is 48.5 Å². The molecule has 1 fully saturated rings. The lowest BCUT2D eigenvalue weighted by molar-refractivity contribution is -0.146. The van der Waals surface area contributed by atoms with Gasteiger partial charge in [0.25, 0.3) is 0 Å². The van der Waals surface area contributed by atoms with Gasteiger partial charge in [-0.15, -0.1) is 0 Å². The van der Waals surface area contributed by atoms with Crippen molar-refractivity contribution in [1.82, 2.24) is 4.90 Å². The minimum absolute atomic E-state index is 0.117. The van der Waals surface area contributed by atoms with Crippen LogP contribution in [0.4, 0.5) is 0 Å². The summed E-state index contributed by atoms with van der Waals surface area (Å²) in [6.07, 6.45) is 1.94.